The summed E-state index contributed by atoms with van der Waals surface area (Å²) in [6.45, 7) is 3.59. The molecule has 60 heavy (non-hydrogen) atoms. The van der Waals surface area contributed by atoms with Crippen molar-refractivity contribution in [2.75, 3.05) is 13.2 Å². The first kappa shape index (κ1) is 56.4. The van der Waals surface area contributed by atoms with Crippen LogP contribution < -0.4 is 5.32 Å². The van der Waals surface area contributed by atoms with E-state index in [2.05, 4.69) is 43.5 Å². The summed E-state index contributed by atoms with van der Waals surface area (Å²) in [5.41, 5.74) is 0. The summed E-state index contributed by atoms with van der Waals surface area (Å²) in [4.78, 5) is 13.1. The molecule has 0 aliphatic carbocycles. The molecule has 0 aromatic rings. The number of hydrogen-bond acceptors (Lipinski definition) is 9. The molecule has 0 spiro atoms. The Kier molecular flexibility index (Phi) is 37.7. The molecule has 0 bridgehead atoms. The van der Waals surface area contributed by atoms with Crippen molar-refractivity contribution in [3.05, 3.63) is 36.5 Å². The van der Waals surface area contributed by atoms with Gasteiger partial charge in [-0.05, 0) is 44.9 Å². The first-order chi connectivity index (χ1) is 29.3. The van der Waals surface area contributed by atoms with Crippen molar-refractivity contribution in [2.24, 2.45) is 0 Å². The highest BCUT2D eigenvalue weighted by Gasteiger charge is 2.44. The summed E-state index contributed by atoms with van der Waals surface area (Å²) in [6, 6.07) is -1.00. The maximum Gasteiger partial charge on any atom is 0.249 e. The summed E-state index contributed by atoms with van der Waals surface area (Å²) in [5.74, 6) is -0.629. The van der Waals surface area contributed by atoms with E-state index in [4.69, 9.17) is 9.47 Å². The number of ether oxygens (including phenoxy) is 2. The average Bonchev–Trinajstić information content (AvgIpc) is 3.25. The number of carbonyl (C=O) groups is 1. The number of rotatable bonds is 41. The van der Waals surface area contributed by atoms with Gasteiger partial charge in [-0.2, -0.15) is 0 Å². The first-order valence-corrected chi connectivity index (χ1v) is 24.8. The van der Waals surface area contributed by atoms with E-state index in [0.29, 0.717) is 19.3 Å². The number of aliphatic hydroxyl groups is 6. The number of nitrogens with one attached hydrogen (secondary N) is 1. The van der Waals surface area contributed by atoms with Crippen LogP contribution in [0.25, 0.3) is 0 Å². The molecule has 0 aromatic carbocycles. The Hall–Kier alpha value is -1.63. The van der Waals surface area contributed by atoms with Crippen molar-refractivity contribution in [3.63, 3.8) is 0 Å². The van der Waals surface area contributed by atoms with Crippen LogP contribution >= 0.6 is 0 Å². The van der Waals surface area contributed by atoms with Crippen molar-refractivity contribution in [1.82, 2.24) is 5.32 Å². The van der Waals surface area contributed by atoms with E-state index in [9.17, 15) is 35.4 Å². The largest absolute Gasteiger partial charge is 0.394 e. The Labute approximate surface area is 366 Å². The van der Waals surface area contributed by atoms with Gasteiger partial charge in [0.1, 0.15) is 30.5 Å². The highest BCUT2D eigenvalue weighted by molar-refractivity contribution is 5.80. The fourth-order valence-corrected chi connectivity index (χ4v) is 7.72. The molecule has 352 valence electrons. The highest BCUT2D eigenvalue weighted by atomic mass is 16.7. The van der Waals surface area contributed by atoms with Crippen molar-refractivity contribution >= 4 is 5.91 Å². The summed E-state index contributed by atoms with van der Waals surface area (Å²) in [6.07, 6.45) is 39.4. The van der Waals surface area contributed by atoms with Crippen LogP contribution in [0.2, 0.25) is 0 Å². The van der Waals surface area contributed by atoms with Crippen LogP contribution in [0.5, 0.6) is 0 Å². The van der Waals surface area contributed by atoms with Crippen LogP contribution in [0.1, 0.15) is 213 Å². The average molecular weight is 852 g/mol. The Morgan fingerprint density at radius 3 is 1.45 bits per heavy atom. The monoisotopic (exact) mass is 852 g/mol. The number of hydrogen-bond donors (Lipinski definition) is 7. The third kappa shape index (κ3) is 29.6. The predicted octanol–water partition coefficient (Wildman–Crippen LogP) is 9.81. The van der Waals surface area contributed by atoms with Gasteiger partial charge in [-0.15, -0.1) is 0 Å². The zero-order valence-corrected chi connectivity index (χ0v) is 38.3. The predicted molar refractivity (Wildman–Crippen MR) is 246 cm³/mol. The minimum absolute atomic E-state index is 0.304. The zero-order chi connectivity index (χ0) is 43.9. The SMILES string of the molecule is CCCCCCCCC/C=C/CC/C=C/CC/C=C/C(O)C(COC1OC(CO)C(O)C(O)C1O)NC(=O)C(O)CCCCCCCCCCCCCCCCCCCC. The summed E-state index contributed by atoms with van der Waals surface area (Å²) >= 11 is 0. The molecule has 8 atom stereocenters. The van der Waals surface area contributed by atoms with Gasteiger partial charge in [-0.3, -0.25) is 4.79 Å². The number of unbranched alkanes of at least 4 members (excludes halogenated alkanes) is 26. The molecule has 0 radical (unpaired) electrons. The molecule has 1 heterocycles. The molecule has 8 unspecified atom stereocenters. The lowest BCUT2D eigenvalue weighted by Crippen LogP contribution is -2.60. The van der Waals surface area contributed by atoms with E-state index in [1.165, 1.54) is 135 Å². The molecular weight excluding hydrogens is 759 g/mol. The maximum absolute atomic E-state index is 13.1. The van der Waals surface area contributed by atoms with Crippen molar-refractivity contribution in [3.8, 4) is 0 Å². The molecule has 1 rings (SSSR count). The maximum atomic E-state index is 13.1. The minimum atomic E-state index is -1.62. The van der Waals surface area contributed by atoms with Crippen LogP contribution in [0.4, 0.5) is 0 Å². The first-order valence-electron chi connectivity index (χ1n) is 24.8. The second-order valence-corrected chi connectivity index (χ2v) is 17.4. The normalized spacial score (nSPS) is 21.4. The standard InChI is InChI=1S/C50H93NO9/c1-3-5-7-9-11-13-15-17-19-21-23-25-27-29-31-33-35-37-39-44(54)49(58)51-42(41-59-50-48(57)47(56)46(55)45(40-52)60-50)43(53)38-36-34-32-30-28-26-24-22-20-18-16-14-12-10-8-6-4-2/h20,22,28,30,36,38,42-48,50,52-57H,3-19,21,23-27,29,31-35,37,39-41H2,1-2H3,(H,51,58)/b22-20+,30-28+,38-36+. The minimum Gasteiger partial charge on any atom is -0.394 e. The molecule has 10 nitrogen and oxygen atoms in total. The number of allylic oxidation sites excluding steroid dienone is 5. The van der Waals surface area contributed by atoms with Gasteiger partial charge in [-0.25, -0.2) is 0 Å². The van der Waals surface area contributed by atoms with Crippen LogP contribution in [-0.2, 0) is 14.3 Å². The van der Waals surface area contributed by atoms with Gasteiger partial charge < -0.3 is 45.4 Å². The van der Waals surface area contributed by atoms with Gasteiger partial charge in [0.25, 0.3) is 0 Å². The number of aliphatic hydroxyl groups excluding tert-OH is 6. The number of amides is 1. The Balaban J connectivity index is 2.41. The van der Waals surface area contributed by atoms with Crippen LogP contribution in [-0.4, -0.2) is 98.7 Å². The molecule has 0 saturated carbocycles. The van der Waals surface area contributed by atoms with Crippen molar-refractivity contribution in [2.45, 2.75) is 262 Å². The van der Waals surface area contributed by atoms with Gasteiger partial charge in [0.05, 0.1) is 25.4 Å². The van der Waals surface area contributed by atoms with E-state index in [1.807, 2.05) is 6.08 Å². The molecule has 7 N–H and O–H groups in total. The van der Waals surface area contributed by atoms with Gasteiger partial charge in [0, 0.05) is 0 Å². The fourth-order valence-electron chi connectivity index (χ4n) is 7.72. The number of carbonyl (C=O) groups excluding carboxylic acids is 1. The second-order valence-electron chi connectivity index (χ2n) is 17.4. The summed E-state index contributed by atoms with van der Waals surface area (Å²) in [7, 11) is 0. The summed E-state index contributed by atoms with van der Waals surface area (Å²) < 4.78 is 11.1. The molecule has 1 fully saturated rings. The molecule has 0 aromatic heterocycles. The molecule has 1 saturated heterocycles. The summed E-state index contributed by atoms with van der Waals surface area (Å²) in [5, 5.41) is 64.7. The lowest BCUT2D eigenvalue weighted by molar-refractivity contribution is -0.302. The Morgan fingerprint density at radius 1 is 0.567 bits per heavy atom. The molecule has 1 amide bonds. The molecule has 10 heteroatoms. The van der Waals surface area contributed by atoms with E-state index < -0.39 is 61.5 Å². The Morgan fingerprint density at radius 2 is 0.983 bits per heavy atom. The molecule has 1 aliphatic heterocycles. The van der Waals surface area contributed by atoms with Crippen LogP contribution in [0.3, 0.4) is 0 Å². The molecule has 1 aliphatic rings. The smallest absolute Gasteiger partial charge is 0.249 e. The topological polar surface area (TPSA) is 169 Å². The second kappa shape index (κ2) is 40.2. The van der Waals surface area contributed by atoms with Gasteiger partial charge in [0.15, 0.2) is 6.29 Å². The van der Waals surface area contributed by atoms with Crippen molar-refractivity contribution < 1.29 is 44.9 Å². The lowest BCUT2D eigenvalue weighted by Gasteiger charge is -2.40. The van der Waals surface area contributed by atoms with E-state index in [0.717, 1.165) is 44.9 Å². The Bertz CT molecular complexity index is 1050. The van der Waals surface area contributed by atoms with E-state index >= 15 is 0 Å². The van der Waals surface area contributed by atoms with Crippen LogP contribution in [0.15, 0.2) is 36.5 Å². The van der Waals surface area contributed by atoms with Gasteiger partial charge >= 0.3 is 0 Å². The van der Waals surface area contributed by atoms with E-state index in [-0.39, 0.29) is 6.61 Å². The molecular formula is C50H93NO9. The van der Waals surface area contributed by atoms with Crippen molar-refractivity contribution in [1.29, 1.82) is 0 Å². The third-order valence-electron chi connectivity index (χ3n) is 11.8. The fraction of sp³-hybridized carbons (Fsp3) is 0.860. The third-order valence-corrected chi connectivity index (χ3v) is 11.8. The highest BCUT2D eigenvalue weighted by Crippen LogP contribution is 2.23. The van der Waals surface area contributed by atoms with E-state index in [1.54, 1.807) is 6.08 Å². The van der Waals surface area contributed by atoms with Gasteiger partial charge in [0.2, 0.25) is 5.91 Å². The van der Waals surface area contributed by atoms with Gasteiger partial charge in [-0.1, -0.05) is 204 Å². The quantitative estimate of drug-likeness (QED) is 0.0234. The van der Waals surface area contributed by atoms with Crippen LogP contribution in [0, 0.1) is 0 Å². The zero-order valence-electron chi connectivity index (χ0n) is 38.3. The lowest BCUT2D eigenvalue weighted by atomic mass is 9.99.